The Balaban J connectivity index is 2.42. The number of hydrazine groups is 1. The highest BCUT2D eigenvalue weighted by Gasteiger charge is 2.06. The summed E-state index contributed by atoms with van der Waals surface area (Å²) >= 11 is 7.01. The Morgan fingerprint density at radius 1 is 1.33 bits per heavy atom. The van der Waals surface area contributed by atoms with Crippen molar-refractivity contribution in [3.63, 3.8) is 0 Å². The normalized spacial score (nSPS) is 9.94. The van der Waals surface area contributed by atoms with E-state index in [1.54, 1.807) is 18.2 Å². The molecule has 1 aromatic rings. The number of halogens is 1. The lowest BCUT2D eigenvalue weighted by atomic mass is 10.2. The van der Waals surface area contributed by atoms with Crippen molar-refractivity contribution < 1.29 is 9.59 Å². The molecule has 0 atom stereocenters. The van der Waals surface area contributed by atoms with Gasteiger partial charge in [-0.05, 0) is 30.7 Å². The molecule has 0 radical (unpaired) electrons. The second kappa shape index (κ2) is 7.25. The van der Waals surface area contributed by atoms with Gasteiger partial charge in [0.15, 0.2) is 0 Å². The first-order valence-electron chi connectivity index (χ1n) is 5.16. The second-order valence-electron chi connectivity index (χ2n) is 3.57. The van der Waals surface area contributed by atoms with Crippen molar-refractivity contribution in [1.29, 1.82) is 0 Å². The van der Waals surface area contributed by atoms with Gasteiger partial charge in [-0.15, -0.1) is 11.8 Å². The quantitative estimate of drug-likeness (QED) is 0.433. The maximum Gasteiger partial charge on any atom is 0.243 e. The second-order valence-corrected chi connectivity index (χ2v) is 4.99. The van der Waals surface area contributed by atoms with Gasteiger partial charge in [-0.25, -0.2) is 5.84 Å². The number of carbonyl (C=O) groups excluding carboxylic acids is 2. The van der Waals surface area contributed by atoms with Gasteiger partial charge in [0.1, 0.15) is 0 Å². The van der Waals surface area contributed by atoms with Gasteiger partial charge < -0.3 is 5.32 Å². The molecule has 0 spiro atoms. The molecule has 0 unspecified atom stereocenters. The molecule has 0 aliphatic heterocycles. The topological polar surface area (TPSA) is 84.2 Å². The number of hydrogen-bond donors (Lipinski definition) is 3. The molecule has 18 heavy (non-hydrogen) atoms. The summed E-state index contributed by atoms with van der Waals surface area (Å²) in [5.41, 5.74) is 3.60. The molecule has 2 amide bonds. The number of carbonyl (C=O) groups is 2. The van der Waals surface area contributed by atoms with E-state index in [2.05, 4.69) is 5.32 Å². The van der Waals surface area contributed by atoms with E-state index in [-0.39, 0.29) is 23.3 Å². The number of nitrogens with two attached hydrogens (primary N) is 1. The SMILES string of the molecule is Cc1cc(Cl)ccc1NC(=O)CSCC(=O)NN. The van der Waals surface area contributed by atoms with E-state index in [0.717, 1.165) is 5.56 Å². The van der Waals surface area contributed by atoms with Gasteiger partial charge in [0.05, 0.1) is 11.5 Å². The van der Waals surface area contributed by atoms with E-state index >= 15 is 0 Å². The number of hydrogen-bond acceptors (Lipinski definition) is 4. The summed E-state index contributed by atoms with van der Waals surface area (Å²) in [5, 5.41) is 3.37. The van der Waals surface area contributed by atoms with Crippen LogP contribution in [0.3, 0.4) is 0 Å². The predicted molar refractivity (Wildman–Crippen MR) is 74.5 cm³/mol. The summed E-state index contributed by atoms with van der Waals surface area (Å²) in [5.74, 6) is 4.79. The molecule has 0 aromatic heterocycles. The molecular weight excluding hydrogens is 274 g/mol. The van der Waals surface area contributed by atoms with Gasteiger partial charge >= 0.3 is 0 Å². The van der Waals surface area contributed by atoms with Gasteiger partial charge in [-0.3, -0.25) is 15.0 Å². The van der Waals surface area contributed by atoms with Gasteiger partial charge in [0, 0.05) is 10.7 Å². The fourth-order valence-electron chi connectivity index (χ4n) is 1.23. The van der Waals surface area contributed by atoms with Crippen molar-refractivity contribution in [1.82, 2.24) is 5.43 Å². The van der Waals surface area contributed by atoms with Crippen LogP contribution in [0.5, 0.6) is 0 Å². The zero-order valence-corrected chi connectivity index (χ0v) is 11.4. The lowest BCUT2D eigenvalue weighted by molar-refractivity contribution is -0.118. The summed E-state index contributed by atoms with van der Waals surface area (Å²) in [4.78, 5) is 22.4. The fourth-order valence-corrected chi connectivity index (χ4v) is 2.09. The van der Waals surface area contributed by atoms with Gasteiger partial charge in [-0.2, -0.15) is 0 Å². The van der Waals surface area contributed by atoms with Crippen LogP contribution in [-0.2, 0) is 9.59 Å². The predicted octanol–water partition coefficient (Wildman–Crippen LogP) is 1.31. The summed E-state index contributed by atoms with van der Waals surface area (Å²) in [6.07, 6.45) is 0. The van der Waals surface area contributed by atoms with Crippen LogP contribution < -0.4 is 16.6 Å². The van der Waals surface area contributed by atoms with Crippen LogP contribution in [0.15, 0.2) is 18.2 Å². The van der Waals surface area contributed by atoms with Crippen LogP contribution in [0.4, 0.5) is 5.69 Å². The largest absolute Gasteiger partial charge is 0.325 e. The summed E-state index contributed by atoms with van der Waals surface area (Å²) in [6, 6.07) is 5.22. The third-order valence-electron chi connectivity index (χ3n) is 2.09. The van der Waals surface area contributed by atoms with Crippen molar-refractivity contribution >= 4 is 40.9 Å². The summed E-state index contributed by atoms with van der Waals surface area (Å²) in [7, 11) is 0. The number of nitrogens with one attached hydrogen (secondary N) is 2. The van der Waals surface area contributed by atoms with Crippen LogP contribution in [0.25, 0.3) is 0 Å². The Labute approximate surface area is 114 Å². The van der Waals surface area contributed by atoms with Crippen LogP contribution in [-0.4, -0.2) is 23.3 Å². The van der Waals surface area contributed by atoms with Gasteiger partial charge in [0.25, 0.3) is 0 Å². The third-order valence-corrected chi connectivity index (χ3v) is 3.26. The number of aryl methyl sites for hydroxylation is 1. The zero-order valence-electron chi connectivity index (χ0n) is 9.83. The molecule has 1 rings (SSSR count). The molecule has 0 aliphatic rings. The molecule has 0 heterocycles. The lowest BCUT2D eigenvalue weighted by Gasteiger charge is -2.08. The number of amides is 2. The Morgan fingerprint density at radius 3 is 2.61 bits per heavy atom. The monoisotopic (exact) mass is 287 g/mol. The van der Waals surface area contributed by atoms with E-state index in [1.807, 2.05) is 12.3 Å². The van der Waals surface area contributed by atoms with Crippen molar-refractivity contribution in [3.8, 4) is 0 Å². The van der Waals surface area contributed by atoms with E-state index < -0.39 is 0 Å². The van der Waals surface area contributed by atoms with E-state index in [1.165, 1.54) is 11.8 Å². The highest BCUT2D eigenvalue weighted by atomic mass is 35.5. The van der Waals surface area contributed by atoms with Crippen LogP contribution in [0, 0.1) is 6.92 Å². The maximum atomic E-state index is 11.6. The first-order valence-corrected chi connectivity index (χ1v) is 6.69. The minimum atomic E-state index is -0.310. The Hall–Kier alpha value is -1.24. The van der Waals surface area contributed by atoms with Crippen molar-refractivity contribution in [3.05, 3.63) is 28.8 Å². The molecule has 7 heteroatoms. The molecule has 0 bridgehead atoms. The van der Waals surface area contributed by atoms with Crippen molar-refractivity contribution in [2.24, 2.45) is 5.84 Å². The first-order chi connectivity index (χ1) is 8.52. The average molecular weight is 288 g/mol. The molecule has 0 aliphatic carbocycles. The highest BCUT2D eigenvalue weighted by molar-refractivity contribution is 8.00. The molecule has 1 aromatic carbocycles. The smallest absolute Gasteiger partial charge is 0.243 e. The molecule has 5 nitrogen and oxygen atoms in total. The minimum absolute atomic E-state index is 0.156. The minimum Gasteiger partial charge on any atom is -0.325 e. The molecule has 0 saturated carbocycles. The number of rotatable bonds is 5. The van der Waals surface area contributed by atoms with E-state index in [4.69, 9.17) is 17.4 Å². The van der Waals surface area contributed by atoms with Gasteiger partial charge in [0.2, 0.25) is 11.8 Å². The molecular formula is C11H14ClN3O2S. The Morgan fingerprint density at radius 2 is 2.00 bits per heavy atom. The number of anilines is 1. The molecule has 98 valence electrons. The molecule has 0 saturated heterocycles. The first kappa shape index (κ1) is 14.8. The number of benzene rings is 1. The zero-order chi connectivity index (χ0) is 13.5. The lowest BCUT2D eigenvalue weighted by Crippen LogP contribution is -2.32. The molecule has 0 fully saturated rings. The average Bonchev–Trinajstić information content (AvgIpc) is 2.32. The van der Waals surface area contributed by atoms with Gasteiger partial charge in [-0.1, -0.05) is 11.6 Å². The molecule has 4 N–H and O–H groups in total. The fraction of sp³-hybridized carbons (Fsp3) is 0.273. The van der Waals surface area contributed by atoms with Crippen molar-refractivity contribution in [2.45, 2.75) is 6.92 Å². The number of thioether (sulfide) groups is 1. The summed E-state index contributed by atoms with van der Waals surface area (Å²) in [6.45, 7) is 1.86. The van der Waals surface area contributed by atoms with Crippen LogP contribution in [0.1, 0.15) is 5.56 Å². The Bertz CT molecular complexity index is 454. The van der Waals surface area contributed by atoms with E-state index in [9.17, 15) is 9.59 Å². The van der Waals surface area contributed by atoms with Crippen LogP contribution in [0.2, 0.25) is 5.02 Å². The van der Waals surface area contributed by atoms with Crippen LogP contribution >= 0.6 is 23.4 Å². The summed E-state index contributed by atoms with van der Waals surface area (Å²) < 4.78 is 0. The maximum absolute atomic E-state index is 11.6. The Kier molecular flexibility index (Phi) is 5.97. The standard InChI is InChI=1S/C11H14ClN3O2S/c1-7-4-8(12)2-3-9(7)14-10(16)5-18-6-11(17)15-13/h2-4H,5-6,13H2,1H3,(H,14,16)(H,15,17). The third kappa shape index (κ3) is 4.95. The highest BCUT2D eigenvalue weighted by Crippen LogP contribution is 2.19. The van der Waals surface area contributed by atoms with E-state index in [0.29, 0.717) is 10.7 Å². The van der Waals surface area contributed by atoms with Crippen molar-refractivity contribution in [2.75, 3.05) is 16.8 Å².